The van der Waals surface area contributed by atoms with Crippen LogP contribution in [0.3, 0.4) is 0 Å². The second-order valence-electron chi connectivity index (χ2n) is 10.1. The van der Waals surface area contributed by atoms with E-state index in [4.69, 9.17) is 0 Å². The molecule has 1 aliphatic heterocycles. The summed E-state index contributed by atoms with van der Waals surface area (Å²) in [6.45, 7) is 2.82. The maximum atomic E-state index is 14.0. The van der Waals surface area contributed by atoms with Gasteiger partial charge in [-0.3, -0.25) is 4.90 Å². The minimum absolute atomic E-state index is 0.0400. The molecule has 1 heterocycles. The van der Waals surface area contributed by atoms with Crippen molar-refractivity contribution in [1.29, 1.82) is 0 Å². The Balaban J connectivity index is 1.34. The highest BCUT2D eigenvalue weighted by molar-refractivity contribution is 5.96. The number of rotatable bonds is 9. The zero-order valence-corrected chi connectivity index (χ0v) is 21.9. The number of carbonyl (C=O) groups excluding carboxylic acids is 1. The number of fused-ring (bicyclic) bond motifs is 3. The number of nitrogens with one attached hydrogen (secondary N) is 2. The van der Waals surface area contributed by atoms with Gasteiger partial charge in [-0.05, 0) is 53.3 Å². The fraction of sp³-hybridized carbons (Fsp3) is 0.281. The fourth-order valence-corrected chi connectivity index (χ4v) is 5.48. The molecule has 1 aliphatic carbocycles. The van der Waals surface area contributed by atoms with Crippen molar-refractivity contribution < 1.29 is 18.7 Å². The monoisotopic (exact) mass is 529 g/mol. The highest BCUT2D eigenvalue weighted by Gasteiger charge is 2.40. The number of hydrogen-bond donors (Lipinski definition) is 3. The van der Waals surface area contributed by atoms with Crippen LogP contribution in [0, 0.1) is 11.6 Å². The maximum Gasteiger partial charge on any atom is 0.322 e. The van der Waals surface area contributed by atoms with Gasteiger partial charge in [0.1, 0.15) is 11.6 Å². The van der Waals surface area contributed by atoms with Gasteiger partial charge in [0.25, 0.3) is 0 Å². The molecular formula is C32H33F2N3O2. The average molecular weight is 530 g/mol. The topological polar surface area (TPSA) is 64.6 Å². The second-order valence-corrected chi connectivity index (χ2v) is 10.1. The van der Waals surface area contributed by atoms with Crippen LogP contribution < -0.4 is 15.5 Å². The van der Waals surface area contributed by atoms with E-state index < -0.39 is 23.8 Å². The van der Waals surface area contributed by atoms with Crippen LogP contribution in [0.4, 0.5) is 19.3 Å². The Morgan fingerprint density at radius 3 is 2.49 bits per heavy atom. The van der Waals surface area contributed by atoms with E-state index in [1.165, 1.54) is 17.7 Å². The Hall–Kier alpha value is -3.81. The Bertz CT molecular complexity index is 1370. The largest absolute Gasteiger partial charge is 0.390 e. The number of anilines is 1. The summed E-state index contributed by atoms with van der Waals surface area (Å²) in [5.41, 5.74) is 4.53. The number of aryl methyl sites for hydroxylation is 1. The highest BCUT2D eigenvalue weighted by atomic mass is 19.1. The van der Waals surface area contributed by atoms with Crippen molar-refractivity contribution >= 4 is 11.7 Å². The van der Waals surface area contributed by atoms with Crippen molar-refractivity contribution in [2.45, 2.75) is 50.4 Å². The smallest absolute Gasteiger partial charge is 0.322 e. The molecule has 3 aromatic rings. The number of carbonyl (C=O) groups is 1. The van der Waals surface area contributed by atoms with E-state index >= 15 is 0 Å². The molecule has 7 heteroatoms. The number of aliphatic hydroxyl groups is 1. The number of urea groups is 1. The minimum atomic E-state index is -1.01. The lowest BCUT2D eigenvalue weighted by Crippen LogP contribution is -2.54. The van der Waals surface area contributed by atoms with Crippen LogP contribution >= 0.6 is 0 Å². The molecular weight excluding hydrogens is 496 g/mol. The van der Waals surface area contributed by atoms with Gasteiger partial charge in [0.15, 0.2) is 0 Å². The third-order valence-corrected chi connectivity index (χ3v) is 7.41. The Kier molecular flexibility index (Phi) is 8.19. The van der Waals surface area contributed by atoms with Gasteiger partial charge in [0.05, 0.1) is 23.9 Å². The molecule has 2 aliphatic rings. The summed E-state index contributed by atoms with van der Waals surface area (Å²) in [7, 11) is 0. The van der Waals surface area contributed by atoms with Gasteiger partial charge in [-0.2, -0.15) is 0 Å². The SMILES string of the molecule is CCc1cccc(CNC[C@H](O)[C@@H](Cc2cc(F)cc(F)c2)NC(=O)N2c3ccccc3C3C=CC=CC32)c1. The van der Waals surface area contributed by atoms with Crippen LogP contribution in [0.5, 0.6) is 0 Å². The number of hydrogen-bond acceptors (Lipinski definition) is 3. The quantitative estimate of drug-likeness (QED) is 0.348. The molecule has 4 atom stereocenters. The van der Waals surface area contributed by atoms with Gasteiger partial charge in [0, 0.05) is 25.1 Å². The number of para-hydroxylation sites is 1. The van der Waals surface area contributed by atoms with Crippen molar-refractivity contribution in [2.75, 3.05) is 11.4 Å². The van der Waals surface area contributed by atoms with Gasteiger partial charge >= 0.3 is 6.03 Å². The van der Waals surface area contributed by atoms with Crippen LogP contribution in [-0.4, -0.2) is 35.9 Å². The van der Waals surface area contributed by atoms with E-state index in [2.05, 4.69) is 35.8 Å². The third-order valence-electron chi connectivity index (χ3n) is 7.41. The minimum Gasteiger partial charge on any atom is -0.390 e. The number of nitrogens with zero attached hydrogens (tertiary/aromatic N) is 1. The standard InChI is InChI=1S/C32H33F2N3O2/c1-2-21-8-7-9-22(14-21)19-35-20-31(38)28(17-23-15-24(33)18-25(34)16-23)36-32(39)37-29-12-5-3-10-26(29)27-11-4-6-13-30(27)37/h3-16,18,26,28-29,31,35,38H,2,17,19-20H2,1H3,(H,36,39)/t26?,28-,29?,31+/m1/s1. The summed E-state index contributed by atoms with van der Waals surface area (Å²) >= 11 is 0. The van der Waals surface area contributed by atoms with Gasteiger partial charge in [-0.1, -0.05) is 73.7 Å². The average Bonchev–Trinajstić information content (AvgIpc) is 3.27. The van der Waals surface area contributed by atoms with Gasteiger partial charge in [-0.15, -0.1) is 0 Å². The molecule has 0 radical (unpaired) electrons. The highest BCUT2D eigenvalue weighted by Crippen LogP contribution is 2.43. The number of amides is 2. The lowest BCUT2D eigenvalue weighted by atomic mass is 9.92. The van der Waals surface area contributed by atoms with Crippen molar-refractivity contribution in [2.24, 2.45) is 0 Å². The normalized spacial score (nSPS) is 18.9. The summed E-state index contributed by atoms with van der Waals surface area (Å²) in [5.74, 6) is -1.36. The van der Waals surface area contributed by atoms with Crippen molar-refractivity contribution in [3.63, 3.8) is 0 Å². The lowest BCUT2D eigenvalue weighted by Gasteiger charge is -2.31. The first-order valence-electron chi connectivity index (χ1n) is 13.4. The molecule has 5 nitrogen and oxygen atoms in total. The van der Waals surface area contributed by atoms with E-state index in [9.17, 15) is 18.7 Å². The lowest BCUT2D eigenvalue weighted by molar-refractivity contribution is 0.127. The molecule has 3 aromatic carbocycles. The molecule has 0 aromatic heterocycles. The Morgan fingerprint density at radius 2 is 1.69 bits per heavy atom. The van der Waals surface area contributed by atoms with E-state index in [1.54, 1.807) is 4.90 Å². The van der Waals surface area contributed by atoms with E-state index in [-0.39, 0.29) is 31.0 Å². The summed E-state index contributed by atoms with van der Waals surface area (Å²) in [4.78, 5) is 15.4. The molecule has 0 saturated carbocycles. The number of benzene rings is 3. The molecule has 0 saturated heterocycles. The predicted octanol–water partition coefficient (Wildman–Crippen LogP) is 5.40. The molecule has 2 amide bonds. The Labute approximate surface area is 227 Å². The van der Waals surface area contributed by atoms with Gasteiger partial charge in [0.2, 0.25) is 0 Å². The molecule has 3 N–H and O–H groups in total. The van der Waals surface area contributed by atoms with E-state index in [0.717, 1.165) is 29.3 Å². The number of halogens is 2. The van der Waals surface area contributed by atoms with Crippen LogP contribution in [0.1, 0.15) is 35.1 Å². The van der Waals surface area contributed by atoms with E-state index in [1.807, 2.05) is 54.6 Å². The number of aliphatic hydroxyl groups excluding tert-OH is 1. The summed E-state index contributed by atoms with van der Waals surface area (Å²) < 4.78 is 27.9. The van der Waals surface area contributed by atoms with E-state index in [0.29, 0.717) is 12.1 Å². The zero-order valence-electron chi connectivity index (χ0n) is 21.9. The Morgan fingerprint density at radius 1 is 0.949 bits per heavy atom. The second kappa shape index (κ2) is 11.9. The molecule has 39 heavy (non-hydrogen) atoms. The molecule has 0 bridgehead atoms. The van der Waals surface area contributed by atoms with Crippen molar-refractivity contribution in [1.82, 2.24) is 10.6 Å². The molecule has 0 spiro atoms. The first-order chi connectivity index (χ1) is 18.9. The maximum absolute atomic E-state index is 14.0. The molecule has 0 fully saturated rings. The third kappa shape index (κ3) is 6.10. The summed E-state index contributed by atoms with van der Waals surface area (Å²) in [6, 6.07) is 17.9. The fourth-order valence-electron chi connectivity index (χ4n) is 5.48. The van der Waals surface area contributed by atoms with Gasteiger partial charge < -0.3 is 15.7 Å². The first kappa shape index (κ1) is 26.8. The zero-order chi connectivity index (χ0) is 27.4. The predicted molar refractivity (Wildman–Crippen MR) is 150 cm³/mol. The number of allylic oxidation sites excluding steroid dienone is 2. The summed E-state index contributed by atoms with van der Waals surface area (Å²) in [6.07, 6.45) is 7.96. The van der Waals surface area contributed by atoms with Crippen LogP contribution in [0.15, 0.2) is 91.0 Å². The molecule has 2 unspecified atom stereocenters. The van der Waals surface area contributed by atoms with Crippen LogP contribution in [0.25, 0.3) is 0 Å². The van der Waals surface area contributed by atoms with Crippen LogP contribution in [-0.2, 0) is 19.4 Å². The van der Waals surface area contributed by atoms with Crippen molar-refractivity contribution in [3.05, 3.63) is 125 Å². The van der Waals surface area contributed by atoms with Crippen molar-refractivity contribution in [3.8, 4) is 0 Å². The summed E-state index contributed by atoms with van der Waals surface area (Å²) in [5, 5.41) is 17.4. The van der Waals surface area contributed by atoms with Gasteiger partial charge in [-0.25, -0.2) is 13.6 Å². The first-order valence-corrected chi connectivity index (χ1v) is 13.4. The molecule has 202 valence electrons. The van der Waals surface area contributed by atoms with Crippen LogP contribution in [0.2, 0.25) is 0 Å². The molecule has 5 rings (SSSR count).